The summed E-state index contributed by atoms with van der Waals surface area (Å²) < 4.78 is 38.2. The fourth-order valence-electron chi connectivity index (χ4n) is 5.08. The van der Waals surface area contributed by atoms with Crippen molar-refractivity contribution in [3.63, 3.8) is 0 Å². The monoisotopic (exact) mass is 469 g/mol. The molecule has 1 saturated heterocycles. The van der Waals surface area contributed by atoms with Crippen LogP contribution in [0.25, 0.3) is 22.8 Å². The van der Waals surface area contributed by atoms with Gasteiger partial charge in [0.05, 0.1) is 24.3 Å². The third kappa shape index (κ3) is 3.83. The van der Waals surface area contributed by atoms with E-state index in [4.69, 9.17) is 9.26 Å². The molecular weight excluding hydrogens is 444 g/mol. The molecule has 2 aromatic carbocycles. The molecule has 2 heterocycles. The second kappa shape index (κ2) is 8.79. The summed E-state index contributed by atoms with van der Waals surface area (Å²) in [4.78, 5) is 18.6. The number of ether oxygens (including phenoxy) is 1. The molecule has 0 unspecified atom stereocenters. The molecule has 1 amide bonds. The summed E-state index contributed by atoms with van der Waals surface area (Å²) in [5.74, 6) is 0.835. The minimum atomic E-state index is -2.71. The van der Waals surface area contributed by atoms with Crippen LogP contribution in [-0.2, 0) is 11.2 Å². The average molecular weight is 469 g/mol. The Morgan fingerprint density at radius 1 is 1.24 bits per heavy atom. The van der Waals surface area contributed by atoms with Gasteiger partial charge in [0.1, 0.15) is 5.75 Å². The minimum Gasteiger partial charge on any atom is -0.491 e. The van der Waals surface area contributed by atoms with Crippen LogP contribution >= 0.6 is 0 Å². The van der Waals surface area contributed by atoms with E-state index < -0.39 is 6.43 Å². The maximum absolute atomic E-state index is 13.6. The van der Waals surface area contributed by atoms with Crippen LogP contribution in [0, 0.1) is 5.92 Å². The Balaban J connectivity index is 1.48. The first-order valence-electron chi connectivity index (χ1n) is 11.3. The number of hydrogen-bond acceptors (Lipinski definition) is 6. The van der Waals surface area contributed by atoms with Crippen molar-refractivity contribution < 1.29 is 27.9 Å². The van der Waals surface area contributed by atoms with Crippen molar-refractivity contribution in [3.05, 3.63) is 53.1 Å². The van der Waals surface area contributed by atoms with Gasteiger partial charge in [-0.25, -0.2) is 8.78 Å². The van der Waals surface area contributed by atoms with Crippen molar-refractivity contribution in [3.8, 4) is 28.6 Å². The lowest BCUT2D eigenvalue weighted by Crippen LogP contribution is -2.30. The zero-order valence-corrected chi connectivity index (χ0v) is 18.9. The Kier molecular flexibility index (Phi) is 5.81. The van der Waals surface area contributed by atoms with E-state index in [0.29, 0.717) is 30.8 Å². The van der Waals surface area contributed by atoms with Crippen LogP contribution in [0.15, 0.2) is 40.9 Å². The normalized spacial score (nSPS) is 19.3. The molecule has 0 saturated carbocycles. The van der Waals surface area contributed by atoms with E-state index in [1.807, 2.05) is 18.2 Å². The van der Waals surface area contributed by atoms with Gasteiger partial charge >= 0.3 is 0 Å². The van der Waals surface area contributed by atoms with Crippen molar-refractivity contribution in [2.45, 2.75) is 45.3 Å². The number of nitrogens with zero attached hydrogens (tertiary/aromatic N) is 3. The fraction of sp³-hybridized carbons (Fsp3) is 0.400. The maximum atomic E-state index is 13.6. The van der Waals surface area contributed by atoms with Crippen LogP contribution in [-0.4, -0.2) is 45.3 Å². The summed E-state index contributed by atoms with van der Waals surface area (Å²) in [7, 11) is 0. The van der Waals surface area contributed by atoms with Gasteiger partial charge in [0.25, 0.3) is 12.3 Å². The lowest BCUT2D eigenvalue weighted by atomic mass is 10.0. The summed E-state index contributed by atoms with van der Waals surface area (Å²) in [5, 5.41) is 13.5. The van der Waals surface area contributed by atoms with Gasteiger partial charge in [-0.3, -0.25) is 4.79 Å². The van der Waals surface area contributed by atoms with Crippen LogP contribution in [0.2, 0.25) is 0 Å². The summed E-state index contributed by atoms with van der Waals surface area (Å²) in [6.45, 7) is 3.77. The minimum absolute atomic E-state index is 0.0571. The summed E-state index contributed by atoms with van der Waals surface area (Å²) in [6, 6.07) is 10.2. The number of likely N-dealkylation sites (tertiary alicyclic amines) is 1. The lowest BCUT2D eigenvalue weighted by Gasteiger charge is -2.24. The van der Waals surface area contributed by atoms with Gasteiger partial charge < -0.3 is 19.3 Å². The molecular formula is C25H25F2N3O4. The van der Waals surface area contributed by atoms with Crippen molar-refractivity contribution in [2.24, 2.45) is 5.92 Å². The molecule has 2 aliphatic rings. The van der Waals surface area contributed by atoms with E-state index in [2.05, 4.69) is 10.1 Å². The molecule has 1 fully saturated rings. The predicted molar refractivity (Wildman–Crippen MR) is 119 cm³/mol. The number of fused-ring (bicyclic) bond motifs is 3. The molecule has 0 spiro atoms. The van der Waals surface area contributed by atoms with Crippen LogP contribution in [0.5, 0.6) is 5.75 Å². The Hall–Kier alpha value is -3.33. The number of alkyl halides is 2. The highest BCUT2D eigenvalue weighted by atomic mass is 19.3. The van der Waals surface area contributed by atoms with Crippen LogP contribution < -0.4 is 4.74 Å². The van der Waals surface area contributed by atoms with Crippen LogP contribution in [0.4, 0.5) is 8.78 Å². The molecule has 1 aliphatic carbocycles. The SMILES string of the molecule is CC(C)Oc1ccc(-c2nc(-c3cccc4c3C[C@H]3CC(=O)N(CCO)[C@@H]43)no2)cc1C(F)F. The van der Waals surface area contributed by atoms with Crippen molar-refractivity contribution >= 4 is 5.91 Å². The number of aromatic nitrogens is 2. The maximum Gasteiger partial charge on any atom is 0.267 e. The molecule has 1 aliphatic heterocycles. The first-order chi connectivity index (χ1) is 16.4. The molecule has 1 N–H and O–H groups in total. The fourth-order valence-corrected chi connectivity index (χ4v) is 5.08. The van der Waals surface area contributed by atoms with E-state index in [0.717, 1.165) is 16.7 Å². The van der Waals surface area contributed by atoms with Gasteiger partial charge in [-0.1, -0.05) is 23.4 Å². The van der Waals surface area contributed by atoms with E-state index in [9.17, 15) is 18.7 Å². The molecule has 0 bridgehead atoms. The zero-order chi connectivity index (χ0) is 24.0. The van der Waals surface area contributed by atoms with E-state index >= 15 is 0 Å². The number of halogens is 2. The quantitative estimate of drug-likeness (QED) is 0.546. The van der Waals surface area contributed by atoms with E-state index in [-0.39, 0.29) is 47.8 Å². The van der Waals surface area contributed by atoms with Gasteiger partial charge in [0.2, 0.25) is 11.7 Å². The van der Waals surface area contributed by atoms with Crippen LogP contribution in [0.3, 0.4) is 0 Å². The number of amides is 1. The van der Waals surface area contributed by atoms with Crippen molar-refractivity contribution in [1.29, 1.82) is 0 Å². The van der Waals surface area contributed by atoms with Gasteiger partial charge in [-0.05, 0) is 55.5 Å². The highest BCUT2D eigenvalue weighted by Crippen LogP contribution is 2.49. The highest BCUT2D eigenvalue weighted by molar-refractivity contribution is 5.81. The molecule has 1 aromatic heterocycles. The smallest absolute Gasteiger partial charge is 0.267 e. The van der Waals surface area contributed by atoms with E-state index in [1.165, 1.54) is 12.1 Å². The molecule has 9 heteroatoms. The number of aliphatic hydroxyl groups excluding tert-OH is 1. The van der Waals surface area contributed by atoms with Crippen LogP contribution in [0.1, 0.15) is 49.4 Å². The van der Waals surface area contributed by atoms with Gasteiger partial charge in [-0.15, -0.1) is 0 Å². The first-order valence-corrected chi connectivity index (χ1v) is 11.3. The molecule has 34 heavy (non-hydrogen) atoms. The first kappa shape index (κ1) is 22.5. The zero-order valence-electron chi connectivity index (χ0n) is 18.9. The number of benzene rings is 2. The Bertz CT molecular complexity index is 1230. The number of hydrogen-bond donors (Lipinski definition) is 1. The topological polar surface area (TPSA) is 88.7 Å². The van der Waals surface area contributed by atoms with Gasteiger partial charge in [0.15, 0.2) is 0 Å². The number of carbonyl (C=O) groups excluding carboxylic acids is 1. The predicted octanol–water partition coefficient (Wildman–Crippen LogP) is 4.57. The largest absolute Gasteiger partial charge is 0.491 e. The van der Waals surface area contributed by atoms with Gasteiger partial charge in [-0.2, -0.15) is 4.98 Å². The van der Waals surface area contributed by atoms with Gasteiger partial charge in [0, 0.05) is 24.1 Å². The second-order valence-corrected chi connectivity index (χ2v) is 8.94. The molecule has 2 atom stereocenters. The highest BCUT2D eigenvalue weighted by Gasteiger charge is 2.46. The second-order valence-electron chi connectivity index (χ2n) is 8.94. The summed E-state index contributed by atoms with van der Waals surface area (Å²) >= 11 is 0. The standard InChI is InChI=1S/C25H25F2N3O4/c1-13(2)33-20-7-6-14(10-19(20)23(26)27)25-28-24(29-34-25)17-5-3-4-16-18(17)11-15-12-21(32)30(8-9-31)22(15)16/h3-7,10,13,15,22-23,31H,8-9,11-12H2,1-2H3/t15-,22+/m0/s1. The Labute approximate surface area is 195 Å². The molecule has 0 radical (unpaired) electrons. The Morgan fingerprint density at radius 2 is 2.06 bits per heavy atom. The Morgan fingerprint density at radius 3 is 2.79 bits per heavy atom. The molecule has 3 aromatic rings. The van der Waals surface area contributed by atoms with Crippen molar-refractivity contribution in [1.82, 2.24) is 15.0 Å². The van der Waals surface area contributed by atoms with E-state index in [1.54, 1.807) is 24.8 Å². The third-order valence-electron chi connectivity index (χ3n) is 6.40. The molecule has 5 rings (SSSR count). The third-order valence-corrected chi connectivity index (χ3v) is 6.40. The summed E-state index contributed by atoms with van der Waals surface area (Å²) in [6.07, 6.45) is -1.80. The summed E-state index contributed by atoms with van der Waals surface area (Å²) in [5.41, 5.74) is 3.03. The number of carbonyl (C=O) groups is 1. The molecule has 7 nitrogen and oxygen atoms in total. The lowest BCUT2D eigenvalue weighted by molar-refractivity contribution is -0.129. The average Bonchev–Trinajstić information content (AvgIpc) is 3.49. The van der Waals surface area contributed by atoms with Crippen molar-refractivity contribution in [2.75, 3.05) is 13.2 Å². The number of β-amino-alcohol motifs (C(OH)–C–C–N with tert-alkyl or cyclic N) is 1. The number of aliphatic hydroxyl groups is 1. The number of rotatable bonds is 7. The molecule has 178 valence electrons.